The van der Waals surface area contributed by atoms with Crippen LogP contribution in [-0.4, -0.2) is 48.2 Å². The fourth-order valence-corrected chi connectivity index (χ4v) is 3.50. The SMILES string of the molecule is CCc1cn(C2OC3C(O)C3(O)C2(C)F)c2ncnc(N)c12. The number of ether oxygens (including phenoxy) is 1. The summed E-state index contributed by atoms with van der Waals surface area (Å²) in [7, 11) is 0. The summed E-state index contributed by atoms with van der Waals surface area (Å²) >= 11 is 0. The molecule has 5 atom stereocenters. The van der Waals surface area contributed by atoms with Gasteiger partial charge in [0.15, 0.2) is 17.5 Å². The van der Waals surface area contributed by atoms with Crippen molar-refractivity contribution in [3.05, 3.63) is 18.1 Å². The first-order valence-electron chi connectivity index (χ1n) is 7.18. The maximum Gasteiger partial charge on any atom is 0.186 e. The number of nitrogens with two attached hydrogens (primary N) is 1. The number of anilines is 1. The molecule has 8 heteroatoms. The molecule has 2 fully saturated rings. The van der Waals surface area contributed by atoms with Gasteiger partial charge < -0.3 is 25.3 Å². The van der Waals surface area contributed by atoms with Gasteiger partial charge in [0.05, 0.1) is 5.39 Å². The number of nitrogens with zero attached hydrogens (tertiary/aromatic N) is 3. The van der Waals surface area contributed by atoms with Crippen LogP contribution in [0.3, 0.4) is 0 Å². The van der Waals surface area contributed by atoms with Gasteiger partial charge in [0.2, 0.25) is 0 Å². The summed E-state index contributed by atoms with van der Waals surface area (Å²) in [5.41, 5.74) is 3.22. The average molecular weight is 308 g/mol. The number of aliphatic hydroxyl groups is 2. The van der Waals surface area contributed by atoms with Gasteiger partial charge in [-0.3, -0.25) is 0 Å². The predicted octanol–water partition coefficient (Wildman–Crippen LogP) is 0.307. The summed E-state index contributed by atoms with van der Waals surface area (Å²) in [6.45, 7) is 3.18. The third kappa shape index (κ3) is 1.35. The van der Waals surface area contributed by atoms with Crippen LogP contribution in [0.1, 0.15) is 25.6 Å². The molecular weight excluding hydrogens is 291 g/mol. The molecular formula is C14H17FN4O3. The van der Waals surface area contributed by atoms with Crippen molar-refractivity contribution in [2.45, 2.75) is 50.0 Å². The van der Waals surface area contributed by atoms with Crippen LogP contribution in [0.4, 0.5) is 10.2 Å². The number of alkyl halides is 1. The number of halogens is 1. The van der Waals surface area contributed by atoms with E-state index in [9.17, 15) is 10.2 Å². The van der Waals surface area contributed by atoms with Gasteiger partial charge in [-0.05, 0) is 18.9 Å². The molecule has 2 aromatic heterocycles. The van der Waals surface area contributed by atoms with Crippen molar-refractivity contribution in [2.75, 3.05) is 5.73 Å². The van der Waals surface area contributed by atoms with E-state index < -0.39 is 29.7 Å². The molecule has 7 nitrogen and oxygen atoms in total. The highest BCUT2D eigenvalue weighted by Crippen LogP contribution is 2.61. The molecule has 1 saturated carbocycles. The van der Waals surface area contributed by atoms with Crippen LogP contribution in [-0.2, 0) is 11.2 Å². The average Bonchev–Trinajstić information content (AvgIpc) is 2.80. The van der Waals surface area contributed by atoms with E-state index in [1.54, 1.807) is 6.20 Å². The lowest BCUT2D eigenvalue weighted by atomic mass is 9.97. The minimum absolute atomic E-state index is 0.322. The van der Waals surface area contributed by atoms with Crippen LogP contribution >= 0.6 is 0 Å². The second-order valence-electron chi connectivity index (χ2n) is 6.13. The second-order valence-corrected chi connectivity index (χ2v) is 6.13. The Morgan fingerprint density at radius 3 is 2.82 bits per heavy atom. The van der Waals surface area contributed by atoms with Crippen LogP contribution in [0.15, 0.2) is 12.5 Å². The third-order valence-corrected chi connectivity index (χ3v) is 4.94. The molecule has 0 bridgehead atoms. The fourth-order valence-electron chi connectivity index (χ4n) is 3.50. The monoisotopic (exact) mass is 308 g/mol. The molecule has 0 aromatic carbocycles. The molecule has 1 aliphatic heterocycles. The van der Waals surface area contributed by atoms with E-state index in [0.717, 1.165) is 5.56 Å². The van der Waals surface area contributed by atoms with Crippen LogP contribution in [0.2, 0.25) is 0 Å². The number of aryl methyl sites for hydroxylation is 1. The number of nitrogen functional groups attached to an aromatic ring is 1. The standard InChI is InChI=1S/C14H17FN4O3/c1-3-6-4-19(11-7(6)10(16)17-5-18-11)12-13(2,15)14(21)8(20)9(14)22-12/h4-5,8-9,12,20-21H,3H2,1-2H3,(H2,16,17,18). The van der Waals surface area contributed by atoms with Crippen molar-refractivity contribution in [2.24, 2.45) is 0 Å². The smallest absolute Gasteiger partial charge is 0.186 e. The van der Waals surface area contributed by atoms with Crippen LogP contribution in [0, 0.1) is 0 Å². The molecule has 0 spiro atoms. The highest BCUT2D eigenvalue weighted by atomic mass is 19.1. The van der Waals surface area contributed by atoms with E-state index in [4.69, 9.17) is 10.5 Å². The third-order valence-electron chi connectivity index (χ3n) is 4.94. The summed E-state index contributed by atoms with van der Waals surface area (Å²) in [5.74, 6) is 0.322. The highest BCUT2D eigenvalue weighted by Gasteiger charge is 2.83. The molecule has 1 saturated heterocycles. The molecule has 2 aliphatic rings. The van der Waals surface area contributed by atoms with Crippen molar-refractivity contribution in [3.8, 4) is 0 Å². The summed E-state index contributed by atoms with van der Waals surface area (Å²) in [6, 6.07) is 0. The van der Waals surface area contributed by atoms with Gasteiger partial charge in [0, 0.05) is 6.20 Å². The van der Waals surface area contributed by atoms with Gasteiger partial charge in [0.1, 0.15) is 30.0 Å². The summed E-state index contributed by atoms with van der Waals surface area (Å²) in [4.78, 5) is 8.15. The predicted molar refractivity (Wildman–Crippen MR) is 75.7 cm³/mol. The van der Waals surface area contributed by atoms with Crippen LogP contribution < -0.4 is 5.73 Å². The molecule has 22 heavy (non-hydrogen) atoms. The van der Waals surface area contributed by atoms with E-state index in [1.807, 2.05) is 6.92 Å². The minimum Gasteiger partial charge on any atom is -0.387 e. The quantitative estimate of drug-likeness (QED) is 0.737. The van der Waals surface area contributed by atoms with Crippen molar-refractivity contribution < 1.29 is 19.3 Å². The Labute approximate surface area is 125 Å². The van der Waals surface area contributed by atoms with E-state index in [2.05, 4.69) is 9.97 Å². The molecule has 4 rings (SSSR count). The number of fused-ring (bicyclic) bond motifs is 2. The van der Waals surface area contributed by atoms with Crippen molar-refractivity contribution in [1.82, 2.24) is 14.5 Å². The lowest BCUT2D eigenvalue weighted by Crippen LogP contribution is -2.44. The zero-order chi connectivity index (χ0) is 15.9. The van der Waals surface area contributed by atoms with Gasteiger partial charge in [0.25, 0.3) is 0 Å². The molecule has 0 amide bonds. The second kappa shape index (κ2) is 3.95. The molecule has 2 aromatic rings. The van der Waals surface area contributed by atoms with E-state index in [0.29, 0.717) is 23.3 Å². The van der Waals surface area contributed by atoms with Crippen molar-refractivity contribution in [3.63, 3.8) is 0 Å². The normalized spacial score (nSPS) is 40.1. The first-order valence-corrected chi connectivity index (χ1v) is 7.18. The maximum atomic E-state index is 15.1. The Kier molecular flexibility index (Phi) is 2.49. The van der Waals surface area contributed by atoms with Gasteiger partial charge in [-0.2, -0.15) is 0 Å². The zero-order valence-corrected chi connectivity index (χ0v) is 12.2. The van der Waals surface area contributed by atoms with Gasteiger partial charge in [-0.25, -0.2) is 14.4 Å². The van der Waals surface area contributed by atoms with E-state index >= 15 is 4.39 Å². The van der Waals surface area contributed by atoms with Gasteiger partial charge in [-0.15, -0.1) is 0 Å². The molecule has 118 valence electrons. The largest absolute Gasteiger partial charge is 0.387 e. The fraction of sp³-hybridized carbons (Fsp3) is 0.571. The van der Waals surface area contributed by atoms with Gasteiger partial charge in [-0.1, -0.05) is 6.92 Å². The Hall–Kier alpha value is -1.77. The summed E-state index contributed by atoms with van der Waals surface area (Å²) in [5, 5.41) is 20.6. The van der Waals surface area contributed by atoms with Gasteiger partial charge >= 0.3 is 0 Å². The summed E-state index contributed by atoms with van der Waals surface area (Å²) in [6.07, 6.45) is 0.497. The lowest BCUT2D eigenvalue weighted by molar-refractivity contribution is -0.114. The maximum absolute atomic E-state index is 15.1. The Bertz CT molecular complexity index is 777. The topological polar surface area (TPSA) is 106 Å². The molecule has 4 N–H and O–H groups in total. The number of hydrogen-bond acceptors (Lipinski definition) is 6. The van der Waals surface area contributed by atoms with Crippen LogP contribution in [0.25, 0.3) is 11.0 Å². The summed E-state index contributed by atoms with van der Waals surface area (Å²) < 4.78 is 22.2. The number of hydrogen-bond donors (Lipinski definition) is 3. The first-order chi connectivity index (χ1) is 10.3. The molecule has 5 unspecified atom stereocenters. The van der Waals surface area contributed by atoms with E-state index in [1.165, 1.54) is 17.8 Å². The number of rotatable bonds is 2. The Morgan fingerprint density at radius 1 is 1.50 bits per heavy atom. The highest BCUT2D eigenvalue weighted by molar-refractivity contribution is 5.89. The number of aliphatic hydroxyl groups excluding tert-OH is 1. The Balaban J connectivity index is 1.89. The zero-order valence-electron chi connectivity index (χ0n) is 12.2. The van der Waals surface area contributed by atoms with Crippen LogP contribution in [0.5, 0.6) is 0 Å². The molecule has 1 aliphatic carbocycles. The molecule has 3 heterocycles. The van der Waals surface area contributed by atoms with Crippen molar-refractivity contribution in [1.29, 1.82) is 0 Å². The Morgan fingerprint density at radius 2 is 2.23 bits per heavy atom. The van der Waals surface area contributed by atoms with E-state index in [-0.39, 0.29) is 0 Å². The minimum atomic E-state index is -2.15. The van der Waals surface area contributed by atoms with Crippen molar-refractivity contribution >= 4 is 16.9 Å². The first kappa shape index (κ1) is 13.9. The molecule has 0 radical (unpaired) electrons. The lowest BCUT2D eigenvalue weighted by Gasteiger charge is -2.30. The number of aromatic nitrogens is 3.